The highest BCUT2D eigenvalue weighted by Crippen LogP contribution is 2.35. The van der Waals surface area contributed by atoms with Crippen LogP contribution in [0.4, 0.5) is 4.79 Å². The highest BCUT2D eigenvalue weighted by Gasteiger charge is 2.52. The van der Waals surface area contributed by atoms with Crippen LogP contribution in [0, 0.1) is 17.8 Å². The van der Waals surface area contributed by atoms with E-state index in [1.807, 2.05) is 4.90 Å². The second-order valence-corrected chi connectivity index (χ2v) is 7.93. The van der Waals surface area contributed by atoms with Crippen LogP contribution in [-0.4, -0.2) is 41.4 Å². The summed E-state index contributed by atoms with van der Waals surface area (Å²) in [7, 11) is 0. The van der Waals surface area contributed by atoms with Crippen molar-refractivity contribution in [3.63, 3.8) is 0 Å². The summed E-state index contributed by atoms with van der Waals surface area (Å²) >= 11 is 0. The molecule has 1 atom stereocenters. The molecule has 0 spiro atoms. The number of hydrogen-bond donors (Lipinski definition) is 2. The van der Waals surface area contributed by atoms with Crippen LogP contribution in [0.5, 0.6) is 0 Å². The number of carbonyl (C=O) groups excluding carboxylic acids is 3. The third-order valence-electron chi connectivity index (χ3n) is 5.92. The molecule has 2 aliphatic rings. The van der Waals surface area contributed by atoms with Crippen molar-refractivity contribution < 1.29 is 14.4 Å². The molecule has 0 saturated carbocycles. The van der Waals surface area contributed by atoms with Gasteiger partial charge < -0.3 is 10.2 Å². The molecule has 0 aliphatic carbocycles. The Bertz CT molecular complexity index is 508. The molecule has 0 bridgehead atoms. The van der Waals surface area contributed by atoms with Gasteiger partial charge in [-0.05, 0) is 50.4 Å². The minimum atomic E-state index is -0.800. The fourth-order valence-electron chi connectivity index (χ4n) is 4.18. The maximum atomic E-state index is 12.6. The lowest BCUT2D eigenvalue weighted by atomic mass is 9.74. The molecule has 2 rings (SSSR count). The van der Waals surface area contributed by atoms with Gasteiger partial charge >= 0.3 is 6.03 Å². The van der Waals surface area contributed by atoms with E-state index in [9.17, 15) is 14.4 Å². The van der Waals surface area contributed by atoms with Gasteiger partial charge in [0.1, 0.15) is 5.54 Å². The summed E-state index contributed by atoms with van der Waals surface area (Å²) in [5.41, 5.74) is -0.800. The Morgan fingerprint density at radius 1 is 1.20 bits per heavy atom. The predicted molar refractivity (Wildman–Crippen MR) is 96.9 cm³/mol. The molecule has 2 heterocycles. The highest BCUT2D eigenvalue weighted by atomic mass is 16.2. The van der Waals surface area contributed by atoms with E-state index in [0.717, 1.165) is 32.1 Å². The maximum absolute atomic E-state index is 12.6. The van der Waals surface area contributed by atoms with E-state index in [0.29, 0.717) is 25.4 Å². The van der Waals surface area contributed by atoms with Gasteiger partial charge in [-0.3, -0.25) is 14.9 Å². The van der Waals surface area contributed by atoms with E-state index in [2.05, 4.69) is 38.3 Å². The van der Waals surface area contributed by atoms with Crippen molar-refractivity contribution in [2.45, 2.75) is 71.8 Å². The zero-order valence-electron chi connectivity index (χ0n) is 16.1. The molecule has 4 amide bonds. The summed E-state index contributed by atoms with van der Waals surface area (Å²) in [5, 5.41) is 5.36. The minimum Gasteiger partial charge on any atom is -0.342 e. The summed E-state index contributed by atoms with van der Waals surface area (Å²) in [6.07, 6.45) is 4.81. The lowest BCUT2D eigenvalue weighted by molar-refractivity contribution is -0.138. The standard InChI is InChI=1S/C19H33N3O3/c1-5-14(6-2)16(23)22-11-8-15(9-12-22)19(10-7-13(3)4)17(24)20-18(25)21-19/h13-15H,5-12H2,1-4H3,(H2,20,21,24,25). The third-order valence-corrected chi connectivity index (χ3v) is 5.92. The molecular weight excluding hydrogens is 318 g/mol. The second kappa shape index (κ2) is 8.19. The monoisotopic (exact) mass is 351 g/mol. The number of imide groups is 1. The normalized spacial score (nSPS) is 24.8. The van der Waals surface area contributed by atoms with Crippen LogP contribution in [0.15, 0.2) is 0 Å². The number of carbonyl (C=O) groups is 3. The third kappa shape index (κ3) is 4.15. The number of urea groups is 1. The molecule has 142 valence electrons. The Balaban J connectivity index is 2.06. The Morgan fingerprint density at radius 2 is 1.80 bits per heavy atom. The molecule has 25 heavy (non-hydrogen) atoms. The fourth-order valence-corrected chi connectivity index (χ4v) is 4.18. The number of likely N-dealkylation sites (tertiary alicyclic amines) is 1. The number of rotatable bonds is 7. The van der Waals surface area contributed by atoms with Crippen LogP contribution in [-0.2, 0) is 9.59 Å². The molecule has 0 aromatic heterocycles. The average Bonchev–Trinajstić information content (AvgIpc) is 2.88. The largest absolute Gasteiger partial charge is 0.342 e. The van der Waals surface area contributed by atoms with Crippen LogP contribution in [0.3, 0.4) is 0 Å². The molecule has 6 heteroatoms. The molecule has 0 aromatic carbocycles. The average molecular weight is 351 g/mol. The Kier molecular flexibility index (Phi) is 6.47. The Labute approximate surface area is 151 Å². The molecule has 0 aromatic rings. The Hall–Kier alpha value is -1.59. The van der Waals surface area contributed by atoms with Crippen LogP contribution < -0.4 is 10.6 Å². The molecule has 0 radical (unpaired) electrons. The second-order valence-electron chi connectivity index (χ2n) is 7.93. The summed E-state index contributed by atoms with van der Waals surface area (Å²) in [4.78, 5) is 38.9. The van der Waals surface area contributed by atoms with Gasteiger partial charge in [-0.1, -0.05) is 27.7 Å². The van der Waals surface area contributed by atoms with E-state index in [-0.39, 0.29) is 29.7 Å². The van der Waals surface area contributed by atoms with E-state index in [1.165, 1.54) is 0 Å². The van der Waals surface area contributed by atoms with Gasteiger partial charge in [0, 0.05) is 19.0 Å². The van der Waals surface area contributed by atoms with Crippen molar-refractivity contribution in [3.05, 3.63) is 0 Å². The van der Waals surface area contributed by atoms with Gasteiger partial charge in [-0.15, -0.1) is 0 Å². The molecule has 2 saturated heterocycles. The zero-order chi connectivity index (χ0) is 18.6. The van der Waals surface area contributed by atoms with Crippen molar-refractivity contribution in [2.24, 2.45) is 17.8 Å². The predicted octanol–water partition coefficient (Wildman–Crippen LogP) is 2.68. The van der Waals surface area contributed by atoms with Crippen LogP contribution >= 0.6 is 0 Å². The first kappa shape index (κ1) is 19.7. The number of nitrogens with one attached hydrogen (secondary N) is 2. The molecule has 6 nitrogen and oxygen atoms in total. The molecule has 1 unspecified atom stereocenters. The topological polar surface area (TPSA) is 78.5 Å². The number of nitrogens with zero attached hydrogens (tertiary/aromatic N) is 1. The first-order valence-electron chi connectivity index (χ1n) is 9.76. The van der Waals surface area contributed by atoms with E-state index >= 15 is 0 Å². The number of hydrogen-bond acceptors (Lipinski definition) is 3. The van der Waals surface area contributed by atoms with Crippen molar-refractivity contribution in [1.82, 2.24) is 15.5 Å². The van der Waals surface area contributed by atoms with Crippen LogP contribution in [0.1, 0.15) is 66.2 Å². The van der Waals surface area contributed by atoms with Crippen molar-refractivity contribution in [1.29, 1.82) is 0 Å². The minimum absolute atomic E-state index is 0.0865. The SMILES string of the molecule is CCC(CC)C(=O)N1CCC(C2(CCC(C)C)NC(=O)NC2=O)CC1. The molecule has 2 N–H and O–H groups in total. The number of amides is 4. The summed E-state index contributed by atoms with van der Waals surface area (Å²) in [5.74, 6) is 0.700. The number of piperidine rings is 1. The van der Waals surface area contributed by atoms with Gasteiger partial charge in [0.2, 0.25) is 5.91 Å². The van der Waals surface area contributed by atoms with Crippen LogP contribution in [0.2, 0.25) is 0 Å². The van der Waals surface area contributed by atoms with Gasteiger partial charge in [-0.2, -0.15) is 0 Å². The smallest absolute Gasteiger partial charge is 0.322 e. The van der Waals surface area contributed by atoms with E-state index < -0.39 is 5.54 Å². The quantitative estimate of drug-likeness (QED) is 0.692. The lowest BCUT2D eigenvalue weighted by Crippen LogP contribution is -2.56. The van der Waals surface area contributed by atoms with Crippen molar-refractivity contribution in [2.75, 3.05) is 13.1 Å². The van der Waals surface area contributed by atoms with Crippen molar-refractivity contribution >= 4 is 17.8 Å². The van der Waals surface area contributed by atoms with Gasteiger partial charge in [0.15, 0.2) is 0 Å². The van der Waals surface area contributed by atoms with Crippen molar-refractivity contribution in [3.8, 4) is 0 Å². The lowest BCUT2D eigenvalue weighted by Gasteiger charge is -2.41. The van der Waals surface area contributed by atoms with E-state index in [4.69, 9.17) is 0 Å². The first-order chi connectivity index (χ1) is 11.8. The summed E-state index contributed by atoms with van der Waals surface area (Å²) < 4.78 is 0. The summed E-state index contributed by atoms with van der Waals surface area (Å²) in [6.45, 7) is 9.70. The fraction of sp³-hybridized carbons (Fsp3) is 0.842. The summed E-state index contributed by atoms with van der Waals surface area (Å²) in [6, 6.07) is -0.385. The molecule has 2 aliphatic heterocycles. The first-order valence-corrected chi connectivity index (χ1v) is 9.76. The Morgan fingerprint density at radius 3 is 2.24 bits per heavy atom. The molecular formula is C19H33N3O3. The van der Waals surface area contributed by atoms with Gasteiger partial charge in [0.25, 0.3) is 5.91 Å². The zero-order valence-corrected chi connectivity index (χ0v) is 16.1. The van der Waals surface area contributed by atoms with Crippen LogP contribution in [0.25, 0.3) is 0 Å². The highest BCUT2D eigenvalue weighted by molar-refractivity contribution is 6.07. The maximum Gasteiger partial charge on any atom is 0.322 e. The van der Waals surface area contributed by atoms with E-state index in [1.54, 1.807) is 0 Å². The van der Waals surface area contributed by atoms with Gasteiger partial charge in [-0.25, -0.2) is 4.79 Å². The van der Waals surface area contributed by atoms with Gasteiger partial charge in [0.05, 0.1) is 0 Å². The molecule has 2 fully saturated rings.